The Bertz CT molecular complexity index is 307. The van der Waals surface area contributed by atoms with Crippen LogP contribution >= 0.6 is 31.9 Å². The maximum atomic E-state index is 11.4. The van der Waals surface area contributed by atoms with Gasteiger partial charge in [0.15, 0.2) is 0 Å². The fourth-order valence-corrected chi connectivity index (χ4v) is 2.32. The Kier molecular flexibility index (Phi) is 1.68. The number of alkyl halides is 2. The highest BCUT2D eigenvalue weighted by molar-refractivity contribution is 9.12. The fraction of sp³-hybridized carbons (Fsp3) is 0.286. The molecule has 4 heteroatoms. The Morgan fingerprint density at radius 3 is 2.73 bits per heavy atom. The van der Waals surface area contributed by atoms with E-state index in [9.17, 15) is 4.79 Å². The van der Waals surface area contributed by atoms with Crippen molar-refractivity contribution in [2.24, 2.45) is 0 Å². The number of carbonyl (C=O) groups excluding carboxylic acids is 1. The van der Waals surface area contributed by atoms with Gasteiger partial charge >= 0.3 is 0 Å². The Morgan fingerprint density at radius 2 is 2.09 bits per heavy atom. The van der Waals surface area contributed by atoms with Crippen molar-refractivity contribution in [3.63, 3.8) is 0 Å². The molecule has 0 spiro atoms. The highest BCUT2D eigenvalue weighted by Gasteiger charge is 2.35. The first-order valence-electron chi connectivity index (χ1n) is 3.21. The Labute approximate surface area is 80.8 Å². The molecule has 2 atom stereocenters. The van der Waals surface area contributed by atoms with Gasteiger partial charge in [0.2, 0.25) is 5.91 Å². The lowest BCUT2D eigenvalue weighted by Gasteiger charge is -2.00. The van der Waals surface area contributed by atoms with Gasteiger partial charge in [0, 0.05) is 11.9 Å². The topological polar surface area (TPSA) is 22.0 Å². The van der Waals surface area contributed by atoms with Crippen LogP contribution in [0.5, 0.6) is 0 Å². The van der Waals surface area contributed by atoms with Gasteiger partial charge in [-0.05, 0) is 12.1 Å². The molecule has 0 aliphatic carbocycles. The van der Waals surface area contributed by atoms with Crippen molar-refractivity contribution < 1.29 is 4.79 Å². The molecule has 0 amide bonds. The van der Waals surface area contributed by atoms with Crippen LogP contribution in [0.1, 0.15) is 15.3 Å². The normalized spacial score (nSPS) is 29.1. The lowest BCUT2D eigenvalue weighted by Crippen LogP contribution is -2.13. The van der Waals surface area contributed by atoms with Gasteiger partial charge < -0.3 is 0 Å². The van der Waals surface area contributed by atoms with Crippen LogP contribution in [0.2, 0.25) is 0 Å². The van der Waals surface area contributed by atoms with E-state index < -0.39 is 0 Å². The van der Waals surface area contributed by atoms with Crippen LogP contribution in [-0.4, -0.2) is 15.3 Å². The van der Waals surface area contributed by atoms with Crippen LogP contribution in [0, 0.1) is 0 Å². The molecular formula is C7H5Br2NO. The second kappa shape index (κ2) is 2.45. The molecule has 58 valence electrons. The Morgan fingerprint density at radius 1 is 1.36 bits per heavy atom. The first-order valence-corrected chi connectivity index (χ1v) is 5.04. The Hall–Kier alpha value is -0.0900. The monoisotopic (exact) mass is 277 g/mol. The van der Waals surface area contributed by atoms with Crippen LogP contribution in [-0.2, 0) is 0 Å². The third-order valence-electron chi connectivity index (χ3n) is 1.79. The van der Waals surface area contributed by atoms with Crippen molar-refractivity contribution in [3.05, 3.63) is 24.0 Å². The van der Waals surface area contributed by atoms with Gasteiger partial charge in [0.05, 0.1) is 4.83 Å². The molecule has 2 nitrogen and oxygen atoms in total. The average Bonchev–Trinajstić information content (AvgIpc) is 2.53. The van der Waals surface area contributed by atoms with Crippen LogP contribution in [0.25, 0.3) is 0 Å². The van der Waals surface area contributed by atoms with Gasteiger partial charge in [0.1, 0.15) is 4.83 Å². The highest BCUT2D eigenvalue weighted by atomic mass is 79.9. The molecule has 11 heavy (non-hydrogen) atoms. The van der Waals surface area contributed by atoms with Crippen molar-refractivity contribution in [3.8, 4) is 0 Å². The molecule has 2 heterocycles. The van der Waals surface area contributed by atoms with Crippen LogP contribution in [0.15, 0.2) is 18.3 Å². The second-order valence-electron chi connectivity index (χ2n) is 2.44. The molecule has 0 fully saturated rings. The molecule has 0 aromatic carbocycles. The molecule has 1 aliphatic rings. The van der Waals surface area contributed by atoms with E-state index >= 15 is 0 Å². The molecule has 1 aliphatic heterocycles. The van der Waals surface area contributed by atoms with Crippen LogP contribution in [0.3, 0.4) is 0 Å². The smallest absolute Gasteiger partial charge is 0.246 e. The number of aromatic nitrogens is 1. The van der Waals surface area contributed by atoms with E-state index in [1.54, 1.807) is 10.8 Å². The Balaban J connectivity index is 2.56. The zero-order valence-corrected chi connectivity index (χ0v) is 8.67. The highest BCUT2D eigenvalue weighted by Crippen LogP contribution is 2.37. The van der Waals surface area contributed by atoms with Crippen molar-refractivity contribution in [1.29, 1.82) is 0 Å². The third-order valence-corrected chi connectivity index (χ3v) is 4.42. The SMILES string of the molecule is O=C1[C@@H](Br)[C@H](Br)c2cccn21. The summed E-state index contributed by atoms with van der Waals surface area (Å²) in [7, 11) is 0. The maximum absolute atomic E-state index is 11.4. The summed E-state index contributed by atoms with van der Waals surface area (Å²) < 4.78 is 1.67. The minimum atomic E-state index is -0.112. The van der Waals surface area contributed by atoms with Crippen LogP contribution < -0.4 is 0 Å². The summed E-state index contributed by atoms with van der Waals surface area (Å²) in [6.45, 7) is 0. The van der Waals surface area contributed by atoms with Gasteiger partial charge in [-0.25, -0.2) is 0 Å². The quantitative estimate of drug-likeness (QED) is 0.668. The predicted octanol–water partition coefficient (Wildman–Crippen LogP) is 2.34. The van der Waals surface area contributed by atoms with Gasteiger partial charge in [-0.1, -0.05) is 31.9 Å². The number of halogens is 2. The van der Waals surface area contributed by atoms with Crippen molar-refractivity contribution in [2.45, 2.75) is 9.65 Å². The van der Waals surface area contributed by atoms with Crippen molar-refractivity contribution in [1.82, 2.24) is 4.57 Å². The summed E-state index contributed by atoms with van der Waals surface area (Å²) in [5.74, 6) is 0.104. The first-order chi connectivity index (χ1) is 5.22. The van der Waals surface area contributed by atoms with E-state index in [-0.39, 0.29) is 15.6 Å². The largest absolute Gasteiger partial charge is 0.289 e. The number of hydrogen-bond donors (Lipinski definition) is 0. The van der Waals surface area contributed by atoms with E-state index in [1.165, 1.54) is 0 Å². The lowest BCUT2D eigenvalue weighted by molar-refractivity contribution is 0.0932. The summed E-state index contributed by atoms with van der Waals surface area (Å²) in [4.78, 5) is 11.4. The number of carbonyl (C=O) groups is 1. The summed E-state index contributed by atoms with van der Waals surface area (Å²) in [5, 5.41) is 0. The first kappa shape index (κ1) is 7.55. The molecule has 0 N–H and O–H groups in total. The fourth-order valence-electron chi connectivity index (χ4n) is 1.23. The van der Waals surface area contributed by atoms with Gasteiger partial charge in [0.25, 0.3) is 0 Å². The third kappa shape index (κ3) is 0.924. The molecular weight excluding hydrogens is 274 g/mol. The van der Waals surface area contributed by atoms with Crippen molar-refractivity contribution in [2.75, 3.05) is 0 Å². The zero-order valence-electron chi connectivity index (χ0n) is 5.50. The maximum Gasteiger partial charge on any atom is 0.246 e. The summed E-state index contributed by atoms with van der Waals surface area (Å²) in [5.41, 5.74) is 1.02. The van der Waals surface area contributed by atoms with E-state index in [2.05, 4.69) is 31.9 Å². The molecule has 1 aromatic rings. The number of rotatable bonds is 0. The number of hydrogen-bond acceptors (Lipinski definition) is 1. The minimum absolute atomic E-state index is 0.104. The second-order valence-corrected chi connectivity index (χ2v) is 4.42. The van der Waals surface area contributed by atoms with E-state index in [4.69, 9.17) is 0 Å². The van der Waals surface area contributed by atoms with Gasteiger partial charge in [-0.2, -0.15) is 0 Å². The minimum Gasteiger partial charge on any atom is -0.289 e. The zero-order chi connectivity index (χ0) is 8.01. The number of fused-ring (bicyclic) bond motifs is 1. The predicted molar refractivity (Wildman–Crippen MR) is 49.4 cm³/mol. The molecule has 2 rings (SSSR count). The van der Waals surface area contributed by atoms with Gasteiger partial charge in [-0.3, -0.25) is 9.36 Å². The summed E-state index contributed by atoms with van der Waals surface area (Å²) in [6.07, 6.45) is 1.78. The average molecular weight is 279 g/mol. The number of nitrogens with zero attached hydrogens (tertiary/aromatic N) is 1. The van der Waals surface area contributed by atoms with E-state index in [1.807, 2.05) is 12.1 Å². The molecule has 1 aromatic heterocycles. The van der Waals surface area contributed by atoms with Crippen molar-refractivity contribution >= 4 is 37.8 Å². The molecule has 0 radical (unpaired) electrons. The van der Waals surface area contributed by atoms with E-state index in [0.29, 0.717) is 0 Å². The summed E-state index contributed by atoms with van der Waals surface area (Å²) in [6, 6.07) is 3.82. The lowest BCUT2D eigenvalue weighted by atomic mass is 10.3. The van der Waals surface area contributed by atoms with Crippen LogP contribution in [0.4, 0.5) is 0 Å². The molecule has 0 bridgehead atoms. The summed E-state index contributed by atoms with van der Waals surface area (Å²) >= 11 is 6.75. The molecule has 0 unspecified atom stereocenters. The molecule has 0 saturated heterocycles. The van der Waals surface area contributed by atoms with Gasteiger partial charge in [-0.15, -0.1) is 0 Å². The molecule has 0 saturated carbocycles. The standard InChI is InChI=1S/C7H5Br2NO/c8-5-4-2-1-3-10(4)7(11)6(5)9/h1-3,5-6H/t5-,6+/m1/s1. The van der Waals surface area contributed by atoms with E-state index in [0.717, 1.165) is 5.69 Å².